The number of hydrogen-bond acceptors (Lipinski definition) is 9. The minimum atomic E-state index is -4.64. The first-order valence-electron chi connectivity index (χ1n) is 9.40. The van der Waals surface area contributed by atoms with Crippen LogP contribution in [-0.2, 0) is 42.5 Å². The Kier molecular flexibility index (Phi) is 22.3. The topological polar surface area (TPSA) is 178 Å². The number of epoxide rings is 8. The maximum absolute atomic E-state index is 8.88. The van der Waals surface area contributed by atoms with Gasteiger partial charge in [0.15, 0.2) is 0 Å². The fourth-order valence-electron chi connectivity index (χ4n) is 0. The molecular formula is C16H35O12P. The van der Waals surface area contributed by atoms with Gasteiger partial charge in [0.1, 0.15) is 0 Å². The molecule has 176 valence electrons. The van der Waals surface area contributed by atoms with Crippen LogP contribution in [0.3, 0.4) is 0 Å². The zero-order valence-corrected chi connectivity index (χ0v) is 17.7. The van der Waals surface area contributed by atoms with Gasteiger partial charge in [0.25, 0.3) is 0 Å². The standard InChI is InChI=1S/8C2H4O.H3O4P/c8*1-2-3-1;1-5(2,3)4/h8*1-2H2;(H3,1,2,3,4). The van der Waals surface area contributed by atoms with E-state index in [9.17, 15) is 0 Å². The van der Waals surface area contributed by atoms with Crippen molar-refractivity contribution in [3.05, 3.63) is 0 Å². The van der Waals surface area contributed by atoms with Crippen molar-refractivity contribution in [2.75, 3.05) is 106 Å². The van der Waals surface area contributed by atoms with E-state index in [1.54, 1.807) is 0 Å². The molecule has 8 fully saturated rings. The summed E-state index contributed by atoms with van der Waals surface area (Å²) in [4.78, 5) is 21.6. The lowest BCUT2D eigenvalue weighted by Gasteiger charge is -1.82. The molecule has 0 aromatic carbocycles. The van der Waals surface area contributed by atoms with Gasteiger partial charge in [-0.25, -0.2) is 4.57 Å². The molecule has 0 aromatic rings. The van der Waals surface area contributed by atoms with Crippen LogP contribution in [0.2, 0.25) is 0 Å². The second-order valence-corrected chi connectivity index (χ2v) is 6.44. The summed E-state index contributed by atoms with van der Waals surface area (Å²) < 4.78 is 44.9. The van der Waals surface area contributed by atoms with E-state index in [0.717, 1.165) is 106 Å². The molecule has 8 rings (SSSR count). The number of hydrogen-bond donors (Lipinski definition) is 3. The first-order chi connectivity index (χ1) is 14.0. The van der Waals surface area contributed by atoms with Crippen LogP contribution >= 0.6 is 7.82 Å². The Morgan fingerprint density at radius 1 is 0.345 bits per heavy atom. The summed E-state index contributed by atoms with van der Waals surface area (Å²) in [6, 6.07) is 0. The molecule has 0 spiro atoms. The van der Waals surface area contributed by atoms with Crippen LogP contribution in [0.1, 0.15) is 0 Å². The highest BCUT2D eigenvalue weighted by molar-refractivity contribution is 7.45. The molecular weight excluding hydrogens is 415 g/mol. The Balaban J connectivity index is 0.000000305. The minimum Gasteiger partial charge on any atom is -0.377 e. The molecule has 13 heteroatoms. The Morgan fingerprint density at radius 2 is 0.379 bits per heavy atom. The molecule has 12 nitrogen and oxygen atoms in total. The monoisotopic (exact) mass is 450 g/mol. The van der Waals surface area contributed by atoms with Gasteiger partial charge in [-0.3, -0.25) is 0 Å². The summed E-state index contributed by atoms with van der Waals surface area (Å²) in [7, 11) is -4.64. The van der Waals surface area contributed by atoms with Gasteiger partial charge in [0.2, 0.25) is 0 Å². The van der Waals surface area contributed by atoms with Gasteiger partial charge >= 0.3 is 7.82 Å². The van der Waals surface area contributed by atoms with Crippen molar-refractivity contribution in [1.82, 2.24) is 0 Å². The van der Waals surface area contributed by atoms with Crippen LogP contribution < -0.4 is 0 Å². The molecule has 0 atom stereocenters. The van der Waals surface area contributed by atoms with Crippen LogP contribution in [0.25, 0.3) is 0 Å². The average Bonchev–Trinajstić information content (AvgIpc) is 3.66. The van der Waals surface area contributed by atoms with Gasteiger partial charge < -0.3 is 52.6 Å². The van der Waals surface area contributed by atoms with Crippen molar-refractivity contribution >= 4 is 7.82 Å². The first-order valence-corrected chi connectivity index (χ1v) is 11.0. The molecule has 0 aromatic heterocycles. The van der Waals surface area contributed by atoms with E-state index in [4.69, 9.17) is 19.2 Å². The Bertz CT molecular complexity index is 250. The highest BCUT2D eigenvalue weighted by Gasteiger charge is 2.00. The van der Waals surface area contributed by atoms with Gasteiger partial charge in [-0.05, 0) is 0 Å². The Hall–Kier alpha value is -0.210. The Labute approximate surface area is 171 Å². The van der Waals surface area contributed by atoms with E-state index in [2.05, 4.69) is 37.9 Å². The van der Waals surface area contributed by atoms with E-state index in [1.807, 2.05) is 0 Å². The summed E-state index contributed by atoms with van der Waals surface area (Å²) in [5.74, 6) is 0. The van der Waals surface area contributed by atoms with Crippen molar-refractivity contribution < 1.29 is 57.1 Å². The molecule has 0 amide bonds. The third-order valence-electron chi connectivity index (χ3n) is 1.63. The second kappa shape index (κ2) is 22.5. The fraction of sp³-hybridized carbons (Fsp3) is 1.00. The van der Waals surface area contributed by atoms with Crippen LogP contribution in [0.5, 0.6) is 0 Å². The highest BCUT2D eigenvalue weighted by atomic mass is 31.2. The smallest absolute Gasteiger partial charge is 0.377 e. The largest absolute Gasteiger partial charge is 0.466 e. The molecule has 8 aliphatic rings. The van der Waals surface area contributed by atoms with E-state index in [-0.39, 0.29) is 0 Å². The molecule has 8 heterocycles. The van der Waals surface area contributed by atoms with Gasteiger partial charge in [-0.2, -0.15) is 0 Å². The molecule has 0 bridgehead atoms. The summed E-state index contributed by atoms with van der Waals surface area (Å²) in [6.07, 6.45) is 0. The van der Waals surface area contributed by atoms with Crippen molar-refractivity contribution in [3.8, 4) is 0 Å². The van der Waals surface area contributed by atoms with E-state index >= 15 is 0 Å². The van der Waals surface area contributed by atoms with E-state index < -0.39 is 7.82 Å². The highest BCUT2D eigenvalue weighted by Crippen LogP contribution is 2.25. The van der Waals surface area contributed by atoms with Crippen molar-refractivity contribution in [2.24, 2.45) is 0 Å². The number of ether oxygens (including phenoxy) is 8. The predicted molar refractivity (Wildman–Crippen MR) is 101 cm³/mol. The summed E-state index contributed by atoms with van der Waals surface area (Å²) in [6.45, 7) is 16.0. The lowest BCUT2D eigenvalue weighted by molar-refractivity contribution is 0.275. The van der Waals surface area contributed by atoms with Crippen LogP contribution in [-0.4, -0.2) is 120 Å². The van der Waals surface area contributed by atoms with E-state index in [1.165, 1.54) is 0 Å². The third kappa shape index (κ3) is 305. The van der Waals surface area contributed by atoms with Crippen molar-refractivity contribution in [2.45, 2.75) is 0 Å². The molecule has 0 saturated carbocycles. The predicted octanol–water partition coefficient (Wildman–Crippen LogP) is -0.796. The van der Waals surface area contributed by atoms with Crippen molar-refractivity contribution in [3.63, 3.8) is 0 Å². The van der Waals surface area contributed by atoms with Crippen LogP contribution in [0, 0.1) is 0 Å². The van der Waals surface area contributed by atoms with Crippen LogP contribution in [0.15, 0.2) is 0 Å². The zero-order chi connectivity index (χ0) is 21.5. The van der Waals surface area contributed by atoms with Crippen molar-refractivity contribution in [1.29, 1.82) is 0 Å². The third-order valence-corrected chi connectivity index (χ3v) is 1.63. The molecule has 8 aliphatic heterocycles. The maximum Gasteiger partial charge on any atom is 0.466 e. The summed E-state index contributed by atoms with van der Waals surface area (Å²) in [5, 5.41) is 0. The molecule has 0 aliphatic carbocycles. The molecule has 29 heavy (non-hydrogen) atoms. The Morgan fingerprint density at radius 3 is 0.379 bits per heavy atom. The fourth-order valence-corrected chi connectivity index (χ4v) is 0. The lowest BCUT2D eigenvalue weighted by atomic mass is 11.0. The SMILES string of the molecule is C1CO1.C1CO1.C1CO1.C1CO1.C1CO1.C1CO1.C1CO1.C1CO1.O=P(O)(O)O. The van der Waals surface area contributed by atoms with E-state index in [0.29, 0.717) is 0 Å². The molecule has 0 radical (unpaired) electrons. The van der Waals surface area contributed by atoms with Gasteiger partial charge in [0, 0.05) is 0 Å². The number of phosphoric acid groups is 1. The van der Waals surface area contributed by atoms with Gasteiger partial charge in [0.05, 0.1) is 106 Å². The average molecular weight is 450 g/mol. The summed E-state index contributed by atoms with van der Waals surface area (Å²) in [5.41, 5.74) is 0. The molecule has 8 saturated heterocycles. The number of rotatable bonds is 0. The quantitative estimate of drug-likeness (QED) is 0.310. The maximum atomic E-state index is 8.88. The normalized spacial score (nSPS) is 21.9. The summed E-state index contributed by atoms with van der Waals surface area (Å²) >= 11 is 0. The zero-order valence-electron chi connectivity index (χ0n) is 16.8. The first kappa shape index (κ1) is 28.8. The molecule has 3 N–H and O–H groups in total. The van der Waals surface area contributed by atoms with Crippen LogP contribution in [0.4, 0.5) is 0 Å². The second-order valence-electron chi connectivity index (χ2n) is 5.41. The lowest BCUT2D eigenvalue weighted by Crippen LogP contribution is -1.66. The van der Waals surface area contributed by atoms with Gasteiger partial charge in [-0.1, -0.05) is 0 Å². The minimum absolute atomic E-state index is 1.00. The molecule has 0 unspecified atom stereocenters. The van der Waals surface area contributed by atoms with Gasteiger partial charge in [-0.15, -0.1) is 0 Å².